The van der Waals surface area contributed by atoms with Gasteiger partial charge in [0.25, 0.3) is 0 Å². The van der Waals surface area contributed by atoms with Crippen molar-refractivity contribution in [3.8, 4) is 5.75 Å². The van der Waals surface area contributed by atoms with Gasteiger partial charge in [-0.05, 0) is 37.7 Å². The fourth-order valence-electron chi connectivity index (χ4n) is 1.68. The Hall–Kier alpha value is -0.833. The minimum atomic E-state index is -1.77. The summed E-state index contributed by atoms with van der Waals surface area (Å²) in [5.74, 6) is 0.215. The molecule has 0 saturated carbocycles. The van der Waals surface area contributed by atoms with Gasteiger partial charge in [-0.2, -0.15) is 0 Å². The van der Waals surface area contributed by atoms with Crippen LogP contribution in [0.15, 0.2) is 18.2 Å². The lowest BCUT2D eigenvalue weighted by Gasteiger charge is -2.25. The second-order valence-corrected chi connectivity index (χ2v) is 9.07. The summed E-state index contributed by atoms with van der Waals surface area (Å²) in [7, 11) is -1.77. The number of halogens is 1. The highest BCUT2D eigenvalue weighted by molar-refractivity contribution is 6.71. The largest absolute Gasteiger partial charge is 0.542 e. The van der Waals surface area contributed by atoms with Crippen molar-refractivity contribution in [3.63, 3.8) is 0 Å². The van der Waals surface area contributed by atoms with E-state index in [4.69, 9.17) is 4.43 Å². The van der Waals surface area contributed by atoms with Crippen molar-refractivity contribution in [1.29, 1.82) is 0 Å². The first-order chi connectivity index (χ1) is 7.46. The van der Waals surface area contributed by atoms with Crippen LogP contribution >= 0.6 is 0 Å². The Labute approximate surface area is 98.8 Å². The van der Waals surface area contributed by atoms with Crippen molar-refractivity contribution >= 4 is 8.32 Å². The molecule has 0 N–H and O–H groups in total. The zero-order valence-electron chi connectivity index (χ0n) is 10.6. The summed E-state index contributed by atoms with van der Waals surface area (Å²) in [5.41, 5.74) is 0.886. The number of hydrogen-bond acceptors (Lipinski definition) is 1. The van der Waals surface area contributed by atoms with Crippen LogP contribution in [0.3, 0.4) is 0 Å². The second-order valence-electron chi connectivity index (χ2n) is 4.85. The summed E-state index contributed by atoms with van der Waals surface area (Å²) in [6.07, 6.45) is 2.32. The van der Waals surface area contributed by atoms with Gasteiger partial charge >= 0.3 is 0 Å². The van der Waals surface area contributed by atoms with Crippen LogP contribution in [0.2, 0.25) is 19.1 Å². The van der Waals surface area contributed by atoms with Crippen molar-refractivity contribution in [2.24, 2.45) is 0 Å². The molecule has 0 aliphatic carbocycles. The van der Waals surface area contributed by atoms with Gasteiger partial charge in [0, 0.05) is 0 Å². The minimum Gasteiger partial charge on any atom is -0.542 e. The summed E-state index contributed by atoms with van der Waals surface area (Å²) in [5, 5.41) is 0. The highest BCUT2D eigenvalue weighted by Gasteiger charge is 2.25. The molecule has 1 aromatic rings. The average molecular weight is 240 g/mol. The Kier molecular flexibility index (Phi) is 4.53. The molecule has 3 heteroatoms. The lowest BCUT2D eigenvalue weighted by Crippen LogP contribution is -2.34. The Morgan fingerprint density at radius 3 is 2.56 bits per heavy atom. The van der Waals surface area contributed by atoms with Gasteiger partial charge in [0.05, 0.1) is 0 Å². The standard InChI is InChI=1S/C13H21FOSi/c1-5-6-10-16(3,4)15-13-11(2)8-7-9-12(13)14/h7-9H,5-6,10H2,1-4H3. The monoisotopic (exact) mass is 240 g/mol. The normalized spacial score (nSPS) is 11.6. The highest BCUT2D eigenvalue weighted by atomic mass is 28.4. The van der Waals surface area contributed by atoms with E-state index in [2.05, 4.69) is 20.0 Å². The molecule has 16 heavy (non-hydrogen) atoms. The van der Waals surface area contributed by atoms with Crippen molar-refractivity contribution in [3.05, 3.63) is 29.6 Å². The van der Waals surface area contributed by atoms with Crippen molar-refractivity contribution in [2.75, 3.05) is 0 Å². The van der Waals surface area contributed by atoms with Crippen molar-refractivity contribution in [2.45, 2.75) is 45.8 Å². The molecule has 0 atom stereocenters. The molecule has 0 fully saturated rings. The molecule has 0 aromatic heterocycles. The highest BCUT2D eigenvalue weighted by Crippen LogP contribution is 2.26. The molecule has 0 aliphatic rings. The van der Waals surface area contributed by atoms with E-state index in [1.807, 2.05) is 13.0 Å². The SMILES string of the molecule is CCCC[Si](C)(C)Oc1c(C)cccc1F. The molecular weight excluding hydrogens is 219 g/mol. The van der Waals surface area contributed by atoms with Crippen LogP contribution in [0, 0.1) is 12.7 Å². The van der Waals surface area contributed by atoms with E-state index in [1.54, 1.807) is 6.07 Å². The van der Waals surface area contributed by atoms with Gasteiger partial charge in [-0.1, -0.05) is 31.9 Å². The quantitative estimate of drug-likeness (QED) is 0.688. The first-order valence-electron chi connectivity index (χ1n) is 5.90. The Balaban J connectivity index is 2.79. The van der Waals surface area contributed by atoms with Crippen LogP contribution in [0.4, 0.5) is 4.39 Å². The molecule has 0 amide bonds. The van der Waals surface area contributed by atoms with Crippen LogP contribution in [0.5, 0.6) is 5.75 Å². The predicted molar refractivity (Wildman–Crippen MR) is 69.0 cm³/mol. The van der Waals surface area contributed by atoms with E-state index in [1.165, 1.54) is 6.07 Å². The number of unbranched alkanes of at least 4 members (excludes halogenated alkanes) is 1. The second kappa shape index (κ2) is 5.48. The molecule has 0 unspecified atom stereocenters. The van der Waals surface area contributed by atoms with Crippen LogP contribution in [0.1, 0.15) is 25.3 Å². The van der Waals surface area contributed by atoms with Gasteiger partial charge < -0.3 is 4.43 Å². The van der Waals surface area contributed by atoms with Crippen molar-refractivity contribution < 1.29 is 8.82 Å². The van der Waals surface area contributed by atoms with Gasteiger partial charge in [0.15, 0.2) is 5.82 Å². The van der Waals surface area contributed by atoms with Gasteiger partial charge in [0.2, 0.25) is 8.32 Å². The Bertz CT molecular complexity index is 330. The number of benzene rings is 1. The van der Waals surface area contributed by atoms with E-state index in [-0.39, 0.29) is 5.82 Å². The van der Waals surface area contributed by atoms with Crippen LogP contribution < -0.4 is 4.43 Å². The van der Waals surface area contributed by atoms with E-state index in [9.17, 15) is 4.39 Å². The Morgan fingerprint density at radius 2 is 2.00 bits per heavy atom. The molecule has 1 rings (SSSR count). The first-order valence-corrected chi connectivity index (χ1v) is 9.02. The van der Waals surface area contributed by atoms with E-state index in [0.29, 0.717) is 5.75 Å². The zero-order chi connectivity index (χ0) is 12.2. The van der Waals surface area contributed by atoms with Gasteiger partial charge in [0.1, 0.15) is 5.75 Å². The summed E-state index contributed by atoms with van der Waals surface area (Å²) in [6, 6.07) is 6.16. The molecule has 0 aliphatic heterocycles. The van der Waals surface area contributed by atoms with Gasteiger partial charge in [-0.15, -0.1) is 0 Å². The Morgan fingerprint density at radius 1 is 1.31 bits per heavy atom. The van der Waals surface area contributed by atoms with E-state index < -0.39 is 8.32 Å². The number of para-hydroxylation sites is 1. The maximum atomic E-state index is 13.6. The molecule has 0 heterocycles. The third kappa shape index (κ3) is 3.63. The number of rotatable bonds is 5. The molecule has 0 radical (unpaired) electrons. The summed E-state index contributed by atoms with van der Waals surface area (Å²) in [6.45, 7) is 8.35. The first kappa shape index (κ1) is 13.2. The zero-order valence-corrected chi connectivity index (χ0v) is 11.6. The molecule has 0 saturated heterocycles. The maximum Gasteiger partial charge on any atom is 0.245 e. The van der Waals surface area contributed by atoms with Gasteiger partial charge in [-0.25, -0.2) is 4.39 Å². The van der Waals surface area contributed by atoms with Crippen LogP contribution in [0.25, 0.3) is 0 Å². The maximum absolute atomic E-state index is 13.6. The van der Waals surface area contributed by atoms with Crippen molar-refractivity contribution in [1.82, 2.24) is 0 Å². The topological polar surface area (TPSA) is 9.23 Å². The predicted octanol–water partition coefficient (Wildman–Crippen LogP) is 4.52. The molecular formula is C13H21FOSi. The minimum absolute atomic E-state index is 0.239. The average Bonchev–Trinajstić information content (AvgIpc) is 2.21. The smallest absolute Gasteiger partial charge is 0.245 e. The fraction of sp³-hybridized carbons (Fsp3) is 0.538. The number of hydrogen-bond donors (Lipinski definition) is 0. The van der Waals surface area contributed by atoms with E-state index >= 15 is 0 Å². The lowest BCUT2D eigenvalue weighted by atomic mass is 10.2. The summed E-state index contributed by atoms with van der Waals surface area (Å²) >= 11 is 0. The molecule has 90 valence electrons. The molecule has 0 spiro atoms. The molecule has 1 aromatic carbocycles. The summed E-state index contributed by atoms with van der Waals surface area (Å²) < 4.78 is 19.5. The van der Waals surface area contributed by atoms with Crippen LogP contribution in [-0.4, -0.2) is 8.32 Å². The summed E-state index contributed by atoms with van der Waals surface area (Å²) in [4.78, 5) is 0. The van der Waals surface area contributed by atoms with Gasteiger partial charge in [-0.3, -0.25) is 0 Å². The third-order valence-corrected chi connectivity index (χ3v) is 4.99. The fourth-order valence-corrected chi connectivity index (χ4v) is 3.79. The lowest BCUT2D eigenvalue weighted by molar-refractivity contribution is 0.483. The molecule has 1 nitrogen and oxygen atoms in total. The van der Waals surface area contributed by atoms with E-state index in [0.717, 1.165) is 24.4 Å². The molecule has 0 bridgehead atoms. The number of aryl methyl sites for hydroxylation is 1. The van der Waals surface area contributed by atoms with Crippen LogP contribution in [-0.2, 0) is 0 Å². The third-order valence-electron chi connectivity index (χ3n) is 2.67.